The van der Waals surface area contributed by atoms with Gasteiger partial charge in [-0.05, 0) is 122 Å². The lowest BCUT2D eigenvalue weighted by atomic mass is 10.1. The van der Waals surface area contributed by atoms with E-state index in [4.69, 9.17) is 13.5 Å². The van der Waals surface area contributed by atoms with Gasteiger partial charge in [0.25, 0.3) is 0 Å². The smallest absolute Gasteiger partial charge is 0.0716 e. The minimum Gasteiger partial charge on any atom is -0.396 e. The minimum absolute atomic E-state index is 0.319. The van der Waals surface area contributed by atoms with Gasteiger partial charge in [0.05, 0.1) is 13.2 Å². The monoisotopic (exact) mass is 654 g/mol. The number of piperidine rings is 1. The molecule has 0 atom stereocenters. The highest BCUT2D eigenvalue weighted by atomic mass is 32.3. The van der Waals surface area contributed by atoms with E-state index in [0.717, 1.165) is 57.5 Å². The molecule has 0 unspecified atom stereocenters. The van der Waals surface area contributed by atoms with Crippen molar-refractivity contribution in [3.8, 4) is 0 Å². The van der Waals surface area contributed by atoms with Crippen molar-refractivity contribution in [3.05, 3.63) is 36.5 Å². The lowest BCUT2D eigenvalue weighted by molar-refractivity contribution is 0.224. The van der Waals surface area contributed by atoms with Crippen LogP contribution >= 0.6 is 10.6 Å². The second-order valence-corrected chi connectivity index (χ2v) is 15.7. The van der Waals surface area contributed by atoms with Crippen LogP contribution in [0.4, 0.5) is 0 Å². The van der Waals surface area contributed by atoms with Crippen molar-refractivity contribution >= 4 is 10.6 Å². The molecular formula is C40H79NO3S. The Morgan fingerprint density at radius 2 is 0.956 bits per heavy atom. The van der Waals surface area contributed by atoms with E-state index in [-0.39, 0.29) is 0 Å². The van der Waals surface area contributed by atoms with Crippen molar-refractivity contribution in [3.63, 3.8) is 0 Å². The lowest BCUT2D eigenvalue weighted by Gasteiger charge is -2.40. The van der Waals surface area contributed by atoms with Crippen LogP contribution in [0.15, 0.2) is 36.5 Å². The predicted octanol–water partition coefficient (Wildman–Crippen LogP) is 12.3. The second kappa shape index (κ2) is 36.2. The molecule has 0 amide bonds. The molecule has 0 saturated carbocycles. The van der Waals surface area contributed by atoms with E-state index in [1.807, 2.05) is 0 Å². The Kier molecular flexibility index (Phi) is 35.8. The van der Waals surface area contributed by atoms with Gasteiger partial charge in [0.15, 0.2) is 0 Å². The highest BCUT2D eigenvalue weighted by Crippen LogP contribution is 2.47. The summed E-state index contributed by atoms with van der Waals surface area (Å²) >= 11 is 0. The number of unbranched alkanes of at least 4 members (excludes halogenated alkanes) is 13. The largest absolute Gasteiger partial charge is 0.396 e. The van der Waals surface area contributed by atoms with Crippen LogP contribution in [0.5, 0.6) is 0 Å². The first kappa shape index (κ1) is 44.4. The van der Waals surface area contributed by atoms with Gasteiger partial charge in [-0.3, -0.25) is 8.37 Å². The zero-order valence-corrected chi connectivity index (χ0v) is 31.6. The molecule has 0 bridgehead atoms. The van der Waals surface area contributed by atoms with Crippen molar-refractivity contribution in [1.82, 2.24) is 4.90 Å². The number of allylic oxidation sites excluding steroid dienone is 6. The molecular weight excluding hydrogens is 575 g/mol. The van der Waals surface area contributed by atoms with Crippen LogP contribution in [0.1, 0.15) is 168 Å². The third kappa shape index (κ3) is 33.1. The predicted molar refractivity (Wildman–Crippen MR) is 204 cm³/mol. The molecule has 0 aromatic heterocycles. The van der Waals surface area contributed by atoms with Crippen LogP contribution in [-0.2, 0) is 8.37 Å². The van der Waals surface area contributed by atoms with E-state index >= 15 is 0 Å². The summed E-state index contributed by atoms with van der Waals surface area (Å²) in [6.07, 6.45) is 44.7. The molecule has 45 heavy (non-hydrogen) atoms. The summed E-state index contributed by atoms with van der Waals surface area (Å²) in [6.45, 7) is 12.6. The number of nitrogens with zero attached hydrogens (tertiary/aromatic N) is 1. The van der Waals surface area contributed by atoms with Crippen LogP contribution < -0.4 is 0 Å². The van der Waals surface area contributed by atoms with Gasteiger partial charge < -0.3 is 10.0 Å². The van der Waals surface area contributed by atoms with Crippen molar-refractivity contribution in [2.24, 2.45) is 0 Å². The van der Waals surface area contributed by atoms with Gasteiger partial charge in [0, 0.05) is 18.6 Å². The third-order valence-electron chi connectivity index (χ3n) is 8.34. The fraction of sp³-hybridized carbons (Fsp3) is 0.850. The summed E-state index contributed by atoms with van der Waals surface area (Å²) in [7, 11) is -1.42. The van der Waals surface area contributed by atoms with Crippen molar-refractivity contribution in [2.45, 2.75) is 168 Å². The Bertz CT molecular complexity index is 632. The topological polar surface area (TPSA) is 41.9 Å². The molecule has 1 fully saturated rings. The van der Waals surface area contributed by atoms with Crippen LogP contribution in [0.2, 0.25) is 0 Å². The lowest BCUT2D eigenvalue weighted by Crippen LogP contribution is -2.30. The van der Waals surface area contributed by atoms with Gasteiger partial charge in [-0.1, -0.05) is 102 Å². The fourth-order valence-corrected chi connectivity index (χ4v) is 7.33. The van der Waals surface area contributed by atoms with E-state index in [1.165, 1.54) is 129 Å². The van der Waals surface area contributed by atoms with Crippen LogP contribution in [0.3, 0.4) is 0 Å². The number of likely N-dealkylation sites (tertiary alicyclic amines) is 1. The van der Waals surface area contributed by atoms with E-state index in [1.54, 1.807) is 0 Å². The number of aliphatic hydroxyl groups is 1. The quantitative estimate of drug-likeness (QED) is 0.0619. The number of rotatable bonds is 30. The molecule has 268 valence electrons. The zero-order valence-electron chi connectivity index (χ0n) is 30.8. The summed E-state index contributed by atoms with van der Waals surface area (Å²) < 4.78 is 12.9. The second-order valence-electron chi connectivity index (χ2n) is 12.9. The fourth-order valence-electron chi connectivity index (χ4n) is 5.36. The average molecular weight is 654 g/mol. The first-order valence-electron chi connectivity index (χ1n) is 19.4. The normalized spacial score (nSPS) is 15.0. The highest BCUT2D eigenvalue weighted by molar-refractivity contribution is 8.25. The minimum atomic E-state index is -1.42. The molecule has 4 nitrogen and oxygen atoms in total. The Hall–Kier alpha value is -0.590. The molecule has 1 aliphatic rings. The van der Waals surface area contributed by atoms with Crippen molar-refractivity contribution in [1.29, 1.82) is 0 Å². The summed E-state index contributed by atoms with van der Waals surface area (Å²) in [4.78, 5) is 2.65. The summed E-state index contributed by atoms with van der Waals surface area (Å²) in [5.41, 5.74) is 0. The maximum Gasteiger partial charge on any atom is 0.0716 e. The average Bonchev–Trinajstić information content (AvgIpc) is 3.06. The molecule has 5 heteroatoms. The molecule has 1 aliphatic heterocycles. The SMILES string of the molecule is CCCCC/C=C\CCCO.CCCCC/C=C\CCCOS(C)(CCCCN1CCCCC1)OCCC/C=C\CCCCC. The van der Waals surface area contributed by atoms with Crippen molar-refractivity contribution < 1.29 is 13.5 Å². The standard InChI is InChI=1S/C30H59NO2S.C10H20O/c1-4-6-8-10-12-14-16-22-28-32-34(3,30-24-21-27-31-25-19-18-20-26-31)33-29-23-17-15-13-11-9-7-5-2;1-2-3-4-5-6-7-8-9-10-11/h12-15H,4-11,16-30H2,1-3H3;6-7,11H,2-5,8-10H2,1H3/b14-12-,15-13-;7-6-. The summed E-state index contributed by atoms with van der Waals surface area (Å²) in [6, 6.07) is 0. The first-order valence-corrected chi connectivity index (χ1v) is 21.5. The molecule has 0 radical (unpaired) electrons. The van der Waals surface area contributed by atoms with Gasteiger partial charge in [-0.15, -0.1) is 0 Å². The van der Waals surface area contributed by atoms with E-state index in [9.17, 15) is 0 Å². The first-order chi connectivity index (χ1) is 22.1. The molecule has 0 aromatic carbocycles. The molecule has 0 spiro atoms. The van der Waals surface area contributed by atoms with Gasteiger partial charge in [0.1, 0.15) is 0 Å². The molecule has 0 aliphatic carbocycles. The number of hydrogen-bond acceptors (Lipinski definition) is 4. The van der Waals surface area contributed by atoms with Crippen LogP contribution in [0, 0.1) is 0 Å². The Balaban J connectivity index is 0.00000149. The van der Waals surface area contributed by atoms with Gasteiger partial charge >= 0.3 is 0 Å². The number of hydrogen-bond donors (Lipinski definition) is 1. The maximum atomic E-state index is 8.47. The van der Waals surface area contributed by atoms with E-state index in [2.05, 4.69) is 68.4 Å². The molecule has 1 N–H and O–H groups in total. The molecule has 1 heterocycles. The van der Waals surface area contributed by atoms with Crippen molar-refractivity contribution in [2.75, 3.05) is 51.5 Å². The highest BCUT2D eigenvalue weighted by Gasteiger charge is 2.16. The molecule has 1 rings (SSSR count). The third-order valence-corrected chi connectivity index (χ3v) is 10.7. The molecule has 1 saturated heterocycles. The summed E-state index contributed by atoms with van der Waals surface area (Å²) in [5.74, 6) is 1.08. The van der Waals surface area contributed by atoms with Gasteiger partial charge in [-0.25, -0.2) is 0 Å². The van der Waals surface area contributed by atoms with Gasteiger partial charge in [-0.2, -0.15) is 10.6 Å². The number of aliphatic hydroxyl groups excluding tert-OH is 1. The maximum absolute atomic E-state index is 8.47. The van der Waals surface area contributed by atoms with Crippen LogP contribution in [0.25, 0.3) is 0 Å². The van der Waals surface area contributed by atoms with E-state index in [0.29, 0.717) is 6.61 Å². The van der Waals surface area contributed by atoms with Crippen LogP contribution in [-0.4, -0.2) is 61.5 Å². The Labute approximate surface area is 284 Å². The summed E-state index contributed by atoms with van der Waals surface area (Å²) in [5, 5.41) is 8.47. The Morgan fingerprint density at radius 3 is 1.38 bits per heavy atom. The van der Waals surface area contributed by atoms with E-state index < -0.39 is 10.6 Å². The Morgan fingerprint density at radius 1 is 0.533 bits per heavy atom. The zero-order chi connectivity index (χ0) is 32.9. The molecule has 0 aromatic rings. The van der Waals surface area contributed by atoms with Gasteiger partial charge in [0.2, 0.25) is 0 Å².